The van der Waals surface area contributed by atoms with Gasteiger partial charge in [-0.1, -0.05) is 24.3 Å². The molecule has 35 heavy (non-hydrogen) atoms. The lowest BCUT2D eigenvalue weighted by Crippen LogP contribution is -2.29. The number of nitrogens with zero attached hydrogens (tertiary/aromatic N) is 3. The molecule has 0 bridgehead atoms. The highest BCUT2D eigenvalue weighted by atomic mass is 16.6. The van der Waals surface area contributed by atoms with Crippen molar-refractivity contribution in [1.82, 2.24) is 0 Å². The Hall–Kier alpha value is -4.71. The first-order chi connectivity index (χ1) is 16.9. The zero-order valence-corrected chi connectivity index (χ0v) is 18.5. The lowest BCUT2D eigenvalue weighted by Gasteiger charge is -2.37. The SMILES string of the molecule is N#Cc1cc([N+](=O)[O-])cc2c1N[C@@H](c1ccc(OCc3ccc([N+](=O)[O-])cc3)cc1)[C@H]1CC=C[C@@H]21. The number of anilines is 1. The second kappa shape index (κ2) is 8.91. The van der Waals surface area contributed by atoms with Crippen molar-refractivity contribution in [3.05, 3.63) is 115 Å². The van der Waals surface area contributed by atoms with Crippen molar-refractivity contribution in [2.75, 3.05) is 5.32 Å². The number of nitro groups is 2. The van der Waals surface area contributed by atoms with Gasteiger partial charge in [0.1, 0.15) is 18.4 Å². The molecule has 3 aromatic rings. The largest absolute Gasteiger partial charge is 0.489 e. The number of allylic oxidation sites excluding steroid dienone is 2. The zero-order valence-electron chi connectivity index (χ0n) is 18.5. The van der Waals surface area contributed by atoms with Gasteiger partial charge in [-0.05, 0) is 53.3 Å². The van der Waals surface area contributed by atoms with Gasteiger partial charge in [-0.15, -0.1) is 0 Å². The van der Waals surface area contributed by atoms with E-state index >= 15 is 0 Å². The topological polar surface area (TPSA) is 131 Å². The first-order valence-corrected chi connectivity index (χ1v) is 11.1. The fraction of sp³-hybridized carbons (Fsp3) is 0.192. The second-order valence-corrected chi connectivity index (χ2v) is 8.58. The Morgan fingerprint density at radius 2 is 1.71 bits per heavy atom. The highest BCUT2D eigenvalue weighted by Crippen LogP contribution is 2.51. The fourth-order valence-corrected chi connectivity index (χ4v) is 4.86. The van der Waals surface area contributed by atoms with Crippen molar-refractivity contribution < 1.29 is 14.6 Å². The number of nitro benzene ring substituents is 2. The van der Waals surface area contributed by atoms with Gasteiger partial charge in [-0.2, -0.15) is 5.26 Å². The summed E-state index contributed by atoms with van der Waals surface area (Å²) < 4.78 is 5.84. The standard InChI is InChI=1S/C26H20N4O5/c27-14-18-12-20(30(33)34)13-24-22-2-1-3-23(22)25(28-26(18)24)17-6-10-21(11-7-17)35-15-16-4-8-19(9-5-16)29(31)32/h1-2,4-13,22-23,25,28H,3,15H2/t22-,23+,25+/m1/s1. The van der Waals surface area contributed by atoms with Gasteiger partial charge in [-0.3, -0.25) is 20.2 Å². The Bertz CT molecular complexity index is 1380. The average molecular weight is 468 g/mol. The van der Waals surface area contributed by atoms with Crippen molar-refractivity contribution in [3.63, 3.8) is 0 Å². The predicted molar refractivity (Wildman–Crippen MR) is 128 cm³/mol. The molecule has 9 nitrogen and oxygen atoms in total. The fourth-order valence-electron chi connectivity index (χ4n) is 4.86. The maximum absolute atomic E-state index is 11.4. The number of rotatable bonds is 6. The summed E-state index contributed by atoms with van der Waals surface area (Å²) >= 11 is 0. The van der Waals surface area contributed by atoms with Gasteiger partial charge in [0.05, 0.1) is 27.1 Å². The molecule has 3 aromatic carbocycles. The first-order valence-electron chi connectivity index (χ1n) is 11.1. The van der Waals surface area contributed by atoms with E-state index in [1.807, 2.05) is 24.3 Å². The van der Waals surface area contributed by atoms with Crippen molar-refractivity contribution >= 4 is 17.1 Å². The summed E-state index contributed by atoms with van der Waals surface area (Å²) in [6.45, 7) is 0.283. The van der Waals surface area contributed by atoms with E-state index in [1.165, 1.54) is 18.2 Å². The molecule has 1 heterocycles. The maximum Gasteiger partial charge on any atom is 0.271 e. The summed E-state index contributed by atoms with van der Waals surface area (Å²) in [7, 11) is 0. The molecule has 1 aliphatic heterocycles. The summed E-state index contributed by atoms with van der Waals surface area (Å²) in [5, 5.41) is 35.3. The Morgan fingerprint density at radius 1 is 1.00 bits per heavy atom. The van der Waals surface area contributed by atoms with Crippen molar-refractivity contribution in [2.24, 2.45) is 5.92 Å². The number of benzene rings is 3. The Balaban J connectivity index is 1.36. The third-order valence-electron chi connectivity index (χ3n) is 6.58. The number of fused-ring (bicyclic) bond motifs is 3. The van der Waals surface area contributed by atoms with Gasteiger partial charge in [0, 0.05) is 30.2 Å². The van der Waals surface area contributed by atoms with E-state index in [2.05, 4.69) is 23.5 Å². The van der Waals surface area contributed by atoms with Crippen LogP contribution in [0.1, 0.15) is 40.6 Å². The minimum atomic E-state index is -0.462. The van der Waals surface area contributed by atoms with E-state index in [1.54, 1.807) is 18.2 Å². The molecule has 1 N–H and O–H groups in total. The summed E-state index contributed by atoms with van der Waals surface area (Å²) in [4.78, 5) is 21.3. The Morgan fingerprint density at radius 3 is 2.37 bits per heavy atom. The lowest BCUT2D eigenvalue weighted by molar-refractivity contribution is -0.385. The minimum absolute atomic E-state index is 0.0127. The Labute approximate surface area is 200 Å². The van der Waals surface area contributed by atoms with Gasteiger partial charge < -0.3 is 10.1 Å². The van der Waals surface area contributed by atoms with E-state index in [4.69, 9.17) is 4.74 Å². The molecule has 174 valence electrons. The highest BCUT2D eigenvalue weighted by molar-refractivity contribution is 5.71. The molecule has 0 fully saturated rings. The molecule has 0 saturated carbocycles. The molecule has 2 aliphatic rings. The number of hydrogen-bond acceptors (Lipinski definition) is 7. The minimum Gasteiger partial charge on any atom is -0.489 e. The maximum atomic E-state index is 11.4. The Kier molecular flexibility index (Phi) is 5.63. The summed E-state index contributed by atoms with van der Waals surface area (Å²) in [6, 6.07) is 18.8. The van der Waals surface area contributed by atoms with Crippen LogP contribution in [0.5, 0.6) is 5.75 Å². The predicted octanol–water partition coefficient (Wildman–Crippen LogP) is 5.78. The van der Waals surface area contributed by atoms with Crippen molar-refractivity contribution in [3.8, 4) is 11.8 Å². The smallest absolute Gasteiger partial charge is 0.271 e. The monoisotopic (exact) mass is 468 g/mol. The molecule has 3 atom stereocenters. The quantitative estimate of drug-likeness (QED) is 0.275. The third kappa shape index (κ3) is 4.17. The molecule has 0 aromatic heterocycles. The second-order valence-electron chi connectivity index (χ2n) is 8.58. The van der Waals surface area contributed by atoms with Crippen LogP contribution in [0, 0.1) is 37.5 Å². The van der Waals surface area contributed by atoms with E-state index < -0.39 is 9.85 Å². The average Bonchev–Trinajstić information content (AvgIpc) is 3.37. The van der Waals surface area contributed by atoms with E-state index in [0.29, 0.717) is 11.4 Å². The normalized spacial score (nSPS) is 19.7. The number of nitrogens with one attached hydrogen (secondary N) is 1. The van der Waals surface area contributed by atoms with Gasteiger partial charge in [0.15, 0.2) is 0 Å². The van der Waals surface area contributed by atoms with Crippen LogP contribution in [0.25, 0.3) is 0 Å². The summed E-state index contributed by atoms with van der Waals surface area (Å²) in [5.41, 5.74) is 3.51. The summed E-state index contributed by atoms with van der Waals surface area (Å²) in [5.74, 6) is 0.821. The van der Waals surface area contributed by atoms with Crippen molar-refractivity contribution in [2.45, 2.75) is 25.0 Å². The molecular weight excluding hydrogens is 448 g/mol. The van der Waals surface area contributed by atoms with Gasteiger partial charge in [-0.25, -0.2) is 0 Å². The van der Waals surface area contributed by atoms with Crippen LogP contribution in [-0.4, -0.2) is 9.85 Å². The van der Waals surface area contributed by atoms with E-state index in [9.17, 15) is 25.5 Å². The number of ether oxygens (including phenoxy) is 1. The number of non-ortho nitro benzene ring substituents is 2. The van der Waals surface area contributed by atoms with Crippen LogP contribution in [0.15, 0.2) is 72.8 Å². The van der Waals surface area contributed by atoms with Gasteiger partial charge in [0.2, 0.25) is 0 Å². The third-order valence-corrected chi connectivity index (χ3v) is 6.58. The molecule has 5 rings (SSSR count). The van der Waals surface area contributed by atoms with E-state index in [0.717, 1.165) is 23.1 Å². The zero-order chi connectivity index (χ0) is 24.5. The van der Waals surface area contributed by atoms with Crippen LogP contribution in [0.3, 0.4) is 0 Å². The molecule has 0 spiro atoms. The van der Waals surface area contributed by atoms with E-state index in [-0.39, 0.29) is 41.4 Å². The number of nitriles is 1. The van der Waals surface area contributed by atoms with Gasteiger partial charge in [0.25, 0.3) is 11.4 Å². The lowest BCUT2D eigenvalue weighted by atomic mass is 9.76. The van der Waals surface area contributed by atoms with Crippen LogP contribution < -0.4 is 10.1 Å². The molecule has 9 heteroatoms. The number of hydrogen-bond donors (Lipinski definition) is 1. The van der Waals surface area contributed by atoms with Crippen molar-refractivity contribution in [1.29, 1.82) is 5.26 Å². The molecular formula is C26H20N4O5. The van der Waals surface area contributed by atoms with Crippen LogP contribution in [-0.2, 0) is 6.61 Å². The molecule has 0 saturated heterocycles. The highest BCUT2D eigenvalue weighted by Gasteiger charge is 2.39. The molecule has 0 amide bonds. The first kappa shape index (κ1) is 22.1. The molecule has 1 aliphatic carbocycles. The summed E-state index contributed by atoms with van der Waals surface area (Å²) in [6.07, 6.45) is 4.99. The van der Waals surface area contributed by atoms with Crippen LogP contribution >= 0.6 is 0 Å². The molecule has 0 unspecified atom stereocenters. The van der Waals surface area contributed by atoms with Crippen LogP contribution in [0.4, 0.5) is 17.1 Å². The van der Waals surface area contributed by atoms with Crippen LogP contribution in [0.2, 0.25) is 0 Å². The van der Waals surface area contributed by atoms with Gasteiger partial charge >= 0.3 is 0 Å². The molecule has 0 radical (unpaired) electrons.